The van der Waals surface area contributed by atoms with E-state index in [0.29, 0.717) is 5.75 Å². The van der Waals surface area contributed by atoms with Gasteiger partial charge in [0.2, 0.25) is 0 Å². The Bertz CT molecular complexity index is 436. The van der Waals surface area contributed by atoms with Crippen molar-refractivity contribution in [2.24, 2.45) is 0 Å². The third kappa shape index (κ3) is 3.03. The van der Waals surface area contributed by atoms with Crippen molar-refractivity contribution in [2.75, 3.05) is 32.3 Å². The first kappa shape index (κ1) is 13.4. The van der Waals surface area contributed by atoms with E-state index in [2.05, 4.69) is 5.32 Å². The van der Waals surface area contributed by atoms with E-state index in [0.717, 1.165) is 35.8 Å². The Hall–Kier alpha value is -1.07. The smallest absolute Gasteiger partial charge is 0.127 e. The maximum Gasteiger partial charge on any atom is 0.127 e. The summed E-state index contributed by atoms with van der Waals surface area (Å²) in [5, 5.41) is 3.43. The molecule has 1 saturated heterocycles. The van der Waals surface area contributed by atoms with Crippen LogP contribution in [0.15, 0.2) is 18.2 Å². The predicted molar refractivity (Wildman–Crippen MR) is 72.8 cm³/mol. The first-order valence-electron chi connectivity index (χ1n) is 6.05. The lowest BCUT2D eigenvalue weighted by Crippen LogP contribution is -2.24. The second kappa shape index (κ2) is 6.20. The first-order chi connectivity index (χ1) is 8.74. The van der Waals surface area contributed by atoms with Gasteiger partial charge >= 0.3 is 0 Å². The Morgan fingerprint density at radius 2 is 2.17 bits per heavy atom. The number of hydrogen-bond acceptors (Lipinski definition) is 4. The van der Waals surface area contributed by atoms with E-state index in [9.17, 15) is 4.21 Å². The molecule has 4 nitrogen and oxygen atoms in total. The lowest BCUT2D eigenvalue weighted by molar-refractivity contribution is 0.386. The summed E-state index contributed by atoms with van der Waals surface area (Å²) in [5.41, 5.74) is 1.05. The molecule has 1 heterocycles. The van der Waals surface area contributed by atoms with E-state index in [4.69, 9.17) is 9.47 Å². The van der Waals surface area contributed by atoms with Crippen LogP contribution in [0.2, 0.25) is 0 Å². The number of hydrogen-bond donors (Lipinski definition) is 1. The van der Waals surface area contributed by atoms with Crippen molar-refractivity contribution in [2.45, 2.75) is 12.5 Å². The molecule has 1 aromatic rings. The fraction of sp³-hybridized carbons (Fsp3) is 0.538. The average Bonchev–Trinajstić information content (AvgIpc) is 2.62. The minimum absolute atomic E-state index is 0.0918. The van der Waals surface area contributed by atoms with Crippen molar-refractivity contribution < 1.29 is 13.7 Å². The molecule has 100 valence electrons. The van der Waals surface area contributed by atoms with Crippen LogP contribution in [0.1, 0.15) is 18.0 Å². The SMILES string of the molecule is COc1ccc(C2CS(=O)CCCN2)c(OC)c1. The number of benzene rings is 1. The quantitative estimate of drug-likeness (QED) is 0.903. The third-order valence-electron chi connectivity index (χ3n) is 3.11. The number of nitrogens with one attached hydrogen (secondary N) is 1. The van der Waals surface area contributed by atoms with Crippen LogP contribution in [0, 0.1) is 0 Å². The van der Waals surface area contributed by atoms with Gasteiger partial charge in [0.15, 0.2) is 0 Å². The Morgan fingerprint density at radius 3 is 2.89 bits per heavy atom. The summed E-state index contributed by atoms with van der Waals surface area (Å²) in [6.07, 6.45) is 0.960. The van der Waals surface area contributed by atoms with Gasteiger partial charge in [0.05, 0.1) is 14.2 Å². The second-order valence-electron chi connectivity index (χ2n) is 4.28. The van der Waals surface area contributed by atoms with Gasteiger partial charge in [-0.1, -0.05) is 6.07 Å². The molecule has 0 radical (unpaired) electrons. The van der Waals surface area contributed by atoms with Crippen molar-refractivity contribution in [3.8, 4) is 11.5 Å². The summed E-state index contributed by atoms with van der Waals surface area (Å²) in [6, 6.07) is 5.85. The van der Waals surface area contributed by atoms with Gasteiger partial charge in [-0.15, -0.1) is 0 Å². The van der Waals surface area contributed by atoms with Gasteiger partial charge < -0.3 is 14.8 Å². The standard InChI is InChI=1S/C13H19NO3S/c1-16-10-4-5-11(13(8-10)17-2)12-9-18(15)7-3-6-14-12/h4-5,8,12,14H,3,6-7,9H2,1-2H3. The van der Waals surface area contributed by atoms with Crippen LogP contribution in [0.25, 0.3) is 0 Å². The Kier molecular flexibility index (Phi) is 4.60. The van der Waals surface area contributed by atoms with Crippen LogP contribution in [0.5, 0.6) is 11.5 Å². The van der Waals surface area contributed by atoms with Crippen LogP contribution in [0.4, 0.5) is 0 Å². The number of ether oxygens (including phenoxy) is 2. The van der Waals surface area contributed by atoms with Crippen LogP contribution in [0.3, 0.4) is 0 Å². The monoisotopic (exact) mass is 269 g/mol. The van der Waals surface area contributed by atoms with Gasteiger partial charge in [-0.05, 0) is 19.0 Å². The maximum atomic E-state index is 11.8. The summed E-state index contributed by atoms with van der Waals surface area (Å²) < 4.78 is 22.4. The zero-order valence-corrected chi connectivity index (χ0v) is 11.6. The summed E-state index contributed by atoms with van der Waals surface area (Å²) in [6.45, 7) is 0.894. The zero-order valence-electron chi connectivity index (χ0n) is 10.8. The largest absolute Gasteiger partial charge is 0.497 e. The molecule has 1 aliphatic rings. The predicted octanol–water partition coefficient (Wildman–Crippen LogP) is 1.49. The normalized spacial score (nSPS) is 24.3. The minimum Gasteiger partial charge on any atom is -0.497 e. The molecule has 2 atom stereocenters. The molecule has 2 unspecified atom stereocenters. The zero-order chi connectivity index (χ0) is 13.0. The second-order valence-corrected chi connectivity index (χ2v) is 5.90. The highest BCUT2D eigenvalue weighted by atomic mass is 32.2. The summed E-state index contributed by atoms with van der Waals surface area (Å²) >= 11 is 0. The van der Waals surface area contributed by atoms with E-state index < -0.39 is 10.8 Å². The Morgan fingerprint density at radius 1 is 1.33 bits per heavy atom. The van der Waals surface area contributed by atoms with Gasteiger partial charge in [-0.3, -0.25) is 4.21 Å². The van der Waals surface area contributed by atoms with Gasteiger partial charge in [-0.25, -0.2) is 0 Å². The van der Waals surface area contributed by atoms with Crippen molar-refractivity contribution >= 4 is 10.8 Å². The lowest BCUT2D eigenvalue weighted by Gasteiger charge is -2.19. The highest BCUT2D eigenvalue weighted by Gasteiger charge is 2.21. The number of rotatable bonds is 3. The van der Waals surface area contributed by atoms with Crippen LogP contribution in [-0.4, -0.2) is 36.5 Å². The van der Waals surface area contributed by atoms with E-state index in [-0.39, 0.29) is 6.04 Å². The molecule has 2 rings (SSSR count). The molecule has 1 fully saturated rings. The van der Waals surface area contributed by atoms with Gasteiger partial charge in [0.1, 0.15) is 11.5 Å². The van der Waals surface area contributed by atoms with E-state index in [1.54, 1.807) is 14.2 Å². The fourth-order valence-electron chi connectivity index (χ4n) is 2.14. The molecule has 0 amide bonds. The maximum absolute atomic E-state index is 11.8. The molecular formula is C13H19NO3S. The fourth-order valence-corrected chi connectivity index (χ4v) is 3.45. The Balaban J connectivity index is 2.27. The molecule has 18 heavy (non-hydrogen) atoms. The van der Waals surface area contributed by atoms with Gasteiger partial charge in [0, 0.05) is 40.0 Å². The molecule has 0 spiro atoms. The molecule has 1 aliphatic heterocycles. The lowest BCUT2D eigenvalue weighted by atomic mass is 10.1. The molecule has 0 bridgehead atoms. The minimum atomic E-state index is -0.755. The first-order valence-corrected chi connectivity index (χ1v) is 7.53. The third-order valence-corrected chi connectivity index (χ3v) is 4.56. The van der Waals surface area contributed by atoms with E-state index >= 15 is 0 Å². The highest BCUT2D eigenvalue weighted by Crippen LogP contribution is 2.30. The molecule has 5 heteroatoms. The highest BCUT2D eigenvalue weighted by molar-refractivity contribution is 7.85. The molecule has 1 aromatic carbocycles. The Labute approximate surface area is 110 Å². The van der Waals surface area contributed by atoms with E-state index in [1.165, 1.54) is 0 Å². The van der Waals surface area contributed by atoms with Crippen LogP contribution >= 0.6 is 0 Å². The average molecular weight is 269 g/mol. The molecule has 0 saturated carbocycles. The summed E-state index contributed by atoms with van der Waals surface area (Å²) in [5.74, 6) is 2.97. The summed E-state index contributed by atoms with van der Waals surface area (Å²) in [7, 11) is 2.52. The van der Waals surface area contributed by atoms with E-state index in [1.807, 2.05) is 18.2 Å². The number of methoxy groups -OCH3 is 2. The molecular weight excluding hydrogens is 250 g/mol. The van der Waals surface area contributed by atoms with Crippen LogP contribution < -0.4 is 14.8 Å². The van der Waals surface area contributed by atoms with Gasteiger partial charge in [-0.2, -0.15) is 0 Å². The van der Waals surface area contributed by atoms with Crippen LogP contribution in [-0.2, 0) is 10.8 Å². The van der Waals surface area contributed by atoms with Crippen molar-refractivity contribution in [1.29, 1.82) is 0 Å². The topological polar surface area (TPSA) is 47.6 Å². The molecule has 1 N–H and O–H groups in total. The molecule has 0 aromatic heterocycles. The summed E-state index contributed by atoms with van der Waals surface area (Å²) in [4.78, 5) is 0. The van der Waals surface area contributed by atoms with Crippen molar-refractivity contribution in [3.63, 3.8) is 0 Å². The van der Waals surface area contributed by atoms with Gasteiger partial charge in [0.25, 0.3) is 0 Å². The van der Waals surface area contributed by atoms with Crippen molar-refractivity contribution in [3.05, 3.63) is 23.8 Å². The van der Waals surface area contributed by atoms with Crippen molar-refractivity contribution in [1.82, 2.24) is 5.32 Å². The molecule has 0 aliphatic carbocycles.